The third-order valence-electron chi connectivity index (χ3n) is 5.83. The number of epoxide rings is 1. The van der Waals surface area contributed by atoms with Crippen LogP contribution < -0.4 is 0 Å². The Hall–Kier alpha value is -1.39. The fourth-order valence-corrected chi connectivity index (χ4v) is 3.50. The van der Waals surface area contributed by atoms with E-state index in [9.17, 15) is 4.79 Å². The van der Waals surface area contributed by atoms with Crippen LogP contribution in [0.3, 0.4) is 0 Å². The Bertz CT molecular complexity index is 612. The van der Waals surface area contributed by atoms with Gasteiger partial charge in [0.05, 0.1) is 24.4 Å². The van der Waals surface area contributed by atoms with Crippen LogP contribution in [-0.4, -0.2) is 37.5 Å². The molecule has 1 saturated heterocycles. The van der Waals surface area contributed by atoms with Gasteiger partial charge < -0.3 is 14.2 Å². The smallest absolute Gasteiger partial charge is 0.333 e. The average molecular weight is 363 g/mol. The molecule has 0 aromatic rings. The maximum atomic E-state index is 12.2. The van der Waals surface area contributed by atoms with Gasteiger partial charge in [-0.1, -0.05) is 23.8 Å². The summed E-state index contributed by atoms with van der Waals surface area (Å²) in [5.41, 5.74) is 2.85. The predicted molar refractivity (Wildman–Crippen MR) is 104 cm³/mol. The van der Waals surface area contributed by atoms with Crippen molar-refractivity contribution in [3.05, 3.63) is 34.9 Å². The highest BCUT2D eigenvalue weighted by Gasteiger charge is 2.50. The standard InChI is InChI=1S/C22H34O4/c1-16-9-12-18(21(2,3)25-6)13-11-17(20(23)24-5)8-7-15-22(4)19(26-22)14-10-16/h8-9,12,19H,7,10-11,13-15H2,1-6H3. The van der Waals surface area contributed by atoms with Gasteiger partial charge >= 0.3 is 5.97 Å². The first kappa shape index (κ1) is 20.9. The number of fused-ring (bicyclic) bond motifs is 1. The van der Waals surface area contributed by atoms with E-state index in [4.69, 9.17) is 14.2 Å². The predicted octanol–water partition coefficient (Wildman–Crippen LogP) is 4.90. The van der Waals surface area contributed by atoms with Crippen molar-refractivity contribution < 1.29 is 19.0 Å². The summed E-state index contributed by atoms with van der Waals surface area (Å²) in [5, 5.41) is 0. The highest BCUT2D eigenvalue weighted by molar-refractivity contribution is 5.88. The van der Waals surface area contributed by atoms with E-state index in [1.165, 1.54) is 18.3 Å². The van der Waals surface area contributed by atoms with Gasteiger partial charge in [-0.3, -0.25) is 0 Å². The second-order valence-corrected chi connectivity index (χ2v) is 8.14. The van der Waals surface area contributed by atoms with Gasteiger partial charge in [-0.05, 0) is 71.8 Å². The molecule has 0 radical (unpaired) electrons. The van der Waals surface area contributed by atoms with Gasteiger partial charge in [0, 0.05) is 12.7 Å². The van der Waals surface area contributed by atoms with Crippen molar-refractivity contribution in [2.75, 3.05) is 14.2 Å². The fraction of sp³-hybridized carbons (Fsp3) is 0.682. The van der Waals surface area contributed by atoms with Crippen LogP contribution in [0.4, 0.5) is 0 Å². The molecular formula is C22H34O4. The lowest BCUT2D eigenvalue weighted by molar-refractivity contribution is -0.136. The zero-order chi connectivity index (χ0) is 19.4. The number of hydrogen-bond donors (Lipinski definition) is 0. The molecule has 0 amide bonds. The van der Waals surface area contributed by atoms with Crippen LogP contribution in [0.15, 0.2) is 34.9 Å². The number of ether oxygens (including phenoxy) is 3. The normalized spacial score (nSPS) is 28.1. The highest BCUT2D eigenvalue weighted by Crippen LogP contribution is 2.43. The Balaban J connectivity index is 2.28. The first-order chi connectivity index (χ1) is 12.2. The molecule has 1 heterocycles. The minimum absolute atomic E-state index is 0.0405. The Kier molecular flexibility index (Phi) is 6.86. The van der Waals surface area contributed by atoms with Crippen LogP contribution >= 0.6 is 0 Å². The van der Waals surface area contributed by atoms with Crippen molar-refractivity contribution in [1.82, 2.24) is 0 Å². The van der Waals surface area contributed by atoms with Crippen molar-refractivity contribution in [1.29, 1.82) is 0 Å². The molecule has 0 spiro atoms. The summed E-state index contributed by atoms with van der Waals surface area (Å²) >= 11 is 0. The van der Waals surface area contributed by atoms with E-state index in [1.807, 2.05) is 6.08 Å². The molecular weight excluding hydrogens is 328 g/mol. The van der Waals surface area contributed by atoms with E-state index in [2.05, 4.69) is 39.8 Å². The number of carbonyl (C=O) groups excluding carboxylic acids is 1. The molecule has 26 heavy (non-hydrogen) atoms. The van der Waals surface area contributed by atoms with Crippen LogP contribution in [0, 0.1) is 0 Å². The lowest BCUT2D eigenvalue weighted by Gasteiger charge is -2.27. The Labute approximate surface area is 158 Å². The van der Waals surface area contributed by atoms with Crippen LogP contribution in [0.25, 0.3) is 0 Å². The van der Waals surface area contributed by atoms with Crippen LogP contribution in [0.5, 0.6) is 0 Å². The van der Waals surface area contributed by atoms with Gasteiger partial charge in [0.1, 0.15) is 0 Å². The molecule has 4 heteroatoms. The highest BCUT2D eigenvalue weighted by atomic mass is 16.6. The summed E-state index contributed by atoms with van der Waals surface area (Å²) < 4.78 is 16.6. The van der Waals surface area contributed by atoms with Crippen molar-refractivity contribution in [2.45, 2.75) is 83.5 Å². The Morgan fingerprint density at radius 2 is 1.96 bits per heavy atom. The first-order valence-corrected chi connectivity index (χ1v) is 9.59. The van der Waals surface area contributed by atoms with E-state index in [1.54, 1.807) is 7.11 Å². The summed E-state index contributed by atoms with van der Waals surface area (Å²) in [7, 11) is 3.17. The summed E-state index contributed by atoms with van der Waals surface area (Å²) in [5.74, 6) is -0.239. The van der Waals surface area contributed by atoms with E-state index >= 15 is 0 Å². The molecule has 2 rings (SSSR count). The topological polar surface area (TPSA) is 48.1 Å². The lowest BCUT2D eigenvalue weighted by Crippen LogP contribution is -2.25. The first-order valence-electron chi connectivity index (χ1n) is 9.59. The van der Waals surface area contributed by atoms with Gasteiger partial charge in [-0.25, -0.2) is 4.79 Å². The fourth-order valence-electron chi connectivity index (χ4n) is 3.50. The van der Waals surface area contributed by atoms with Crippen molar-refractivity contribution in [2.24, 2.45) is 0 Å². The van der Waals surface area contributed by atoms with Gasteiger partial charge in [-0.15, -0.1) is 0 Å². The van der Waals surface area contributed by atoms with Gasteiger partial charge in [-0.2, -0.15) is 0 Å². The second-order valence-electron chi connectivity index (χ2n) is 8.14. The minimum Gasteiger partial charge on any atom is -0.466 e. The largest absolute Gasteiger partial charge is 0.466 e. The summed E-state index contributed by atoms with van der Waals surface area (Å²) in [4.78, 5) is 12.2. The molecule has 0 aromatic carbocycles. The Morgan fingerprint density at radius 1 is 1.23 bits per heavy atom. The van der Waals surface area contributed by atoms with Gasteiger partial charge in [0.2, 0.25) is 0 Å². The number of carbonyl (C=O) groups is 1. The third kappa shape index (κ3) is 5.31. The third-order valence-corrected chi connectivity index (χ3v) is 5.83. The van der Waals surface area contributed by atoms with Crippen molar-refractivity contribution >= 4 is 5.97 Å². The SMILES string of the molecule is COC(=O)C1=CCCC2(C)OC2CCC(C)=CC=C(C(C)(C)OC)CC1. The number of allylic oxidation sites excluding steroid dienone is 4. The van der Waals surface area contributed by atoms with Crippen molar-refractivity contribution in [3.63, 3.8) is 0 Å². The van der Waals surface area contributed by atoms with E-state index in [0.29, 0.717) is 12.5 Å². The molecule has 2 aliphatic rings. The summed E-state index contributed by atoms with van der Waals surface area (Å²) in [6.45, 7) is 8.47. The van der Waals surface area contributed by atoms with Gasteiger partial charge in [0.25, 0.3) is 0 Å². The summed E-state index contributed by atoms with van der Waals surface area (Å²) in [6, 6.07) is 0. The molecule has 146 valence electrons. The Morgan fingerprint density at radius 3 is 2.62 bits per heavy atom. The number of rotatable bonds is 3. The molecule has 2 atom stereocenters. The molecule has 1 aliphatic heterocycles. The zero-order valence-electron chi connectivity index (χ0n) is 17.2. The molecule has 2 unspecified atom stereocenters. The zero-order valence-corrected chi connectivity index (χ0v) is 17.2. The minimum atomic E-state index is -0.368. The van der Waals surface area contributed by atoms with E-state index in [0.717, 1.165) is 37.7 Å². The van der Waals surface area contributed by atoms with Crippen LogP contribution in [-0.2, 0) is 19.0 Å². The quantitative estimate of drug-likeness (QED) is 0.529. The maximum Gasteiger partial charge on any atom is 0.333 e. The molecule has 1 fully saturated rings. The maximum absolute atomic E-state index is 12.2. The van der Waals surface area contributed by atoms with Crippen molar-refractivity contribution in [3.8, 4) is 0 Å². The lowest BCUT2D eigenvalue weighted by atomic mass is 9.89. The van der Waals surface area contributed by atoms with E-state index < -0.39 is 0 Å². The molecule has 0 N–H and O–H groups in total. The monoisotopic (exact) mass is 362 g/mol. The number of esters is 1. The van der Waals surface area contributed by atoms with Crippen LogP contribution in [0.1, 0.15) is 66.2 Å². The number of hydrogen-bond acceptors (Lipinski definition) is 4. The molecule has 1 aliphatic carbocycles. The van der Waals surface area contributed by atoms with Gasteiger partial charge in [0.15, 0.2) is 0 Å². The summed E-state index contributed by atoms with van der Waals surface area (Å²) in [6.07, 6.45) is 12.0. The van der Waals surface area contributed by atoms with E-state index in [-0.39, 0.29) is 17.2 Å². The molecule has 0 aromatic heterocycles. The average Bonchev–Trinajstić information content (AvgIpc) is 3.26. The second kappa shape index (κ2) is 8.53. The molecule has 0 saturated carbocycles. The number of methoxy groups -OCH3 is 2. The molecule has 4 nitrogen and oxygen atoms in total. The van der Waals surface area contributed by atoms with Crippen LogP contribution in [0.2, 0.25) is 0 Å². The molecule has 0 bridgehead atoms.